The van der Waals surface area contributed by atoms with Crippen LogP contribution in [0.3, 0.4) is 0 Å². The summed E-state index contributed by atoms with van der Waals surface area (Å²) in [5.41, 5.74) is 3.45. The Morgan fingerprint density at radius 1 is 1.25 bits per heavy atom. The molecule has 1 atom stereocenters. The molecule has 0 radical (unpaired) electrons. The Morgan fingerprint density at radius 2 is 2.08 bits per heavy atom. The van der Waals surface area contributed by atoms with Crippen LogP contribution in [0.15, 0.2) is 17.8 Å². The molecule has 1 aliphatic heterocycles. The van der Waals surface area contributed by atoms with Gasteiger partial charge in [-0.25, -0.2) is 15.0 Å². The smallest absolute Gasteiger partial charge is 0.193 e. The fourth-order valence-electron chi connectivity index (χ4n) is 3.02. The fourth-order valence-corrected chi connectivity index (χ4v) is 3.73. The van der Waals surface area contributed by atoms with Crippen LogP contribution in [0.2, 0.25) is 0 Å². The number of fused-ring (bicyclic) bond motifs is 2. The number of hydrogen-bond donors (Lipinski definition) is 2. The van der Waals surface area contributed by atoms with Gasteiger partial charge in [0.15, 0.2) is 4.96 Å². The third-order valence-electron chi connectivity index (χ3n) is 4.20. The second kappa shape index (κ2) is 7.04. The highest BCUT2D eigenvalue weighted by molar-refractivity contribution is 7.15. The third kappa shape index (κ3) is 3.24. The zero-order valence-corrected chi connectivity index (χ0v) is 15.4. The minimum absolute atomic E-state index is 0. The van der Waals surface area contributed by atoms with Crippen molar-refractivity contribution < 1.29 is 0 Å². The summed E-state index contributed by atoms with van der Waals surface area (Å²) < 4.78 is 2.06. The van der Waals surface area contributed by atoms with Gasteiger partial charge < -0.3 is 10.6 Å². The van der Waals surface area contributed by atoms with Crippen molar-refractivity contribution >= 4 is 34.5 Å². The summed E-state index contributed by atoms with van der Waals surface area (Å²) in [4.78, 5) is 15.0. The first-order valence-corrected chi connectivity index (χ1v) is 8.84. The summed E-state index contributed by atoms with van der Waals surface area (Å²) in [7, 11) is 0. The summed E-state index contributed by atoms with van der Waals surface area (Å²) in [6, 6.07) is 0.108. The second-order valence-electron chi connectivity index (χ2n) is 5.92. The van der Waals surface area contributed by atoms with E-state index in [9.17, 15) is 0 Å². The highest BCUT2D eigenvalue weighted by Crippen LogP contribution is 2.25. The highest BCUT2D eigenvalue weighted by atomic mass is 35.5. The molecule has 4 heterocycles. The minimum Gasteiger partial charge on any atom is -0.362 e. The number of imidazole rings is 1. The number of halogens is 1. The third-order valence-corrected chi connectivity index (χ3v) is 4.97. The standard InChI is InChI=1S/C16H20N6S.ClH/c1-10(14-9-22-7-8-23-16(22)21-14)18-15-12-3-5-17-6-4-13(12)19-11(2)20-15;/h7-10,17H,3-6H2,1-2H3,(H,18,19,20);1H. The van der Waals surface area contributed by atoms with Gasteiger partial charge in [-0.2, -0.15) is 0 Å². The van der Waals surface area contributed by atoms with Crippen LogP contribution >= 0.6 is 23.7 Å². The average Bonchev–Trinajstić information content (AvgIpc) is 3.02. The van der Waals surface area contributed by atoms with Gasteiger partial charge in [0.2, 0.25) is 0 Å². The Hall–Kier alpha value is -1.70. The number of hydrogen-bond acceptors (Lipinski definition) is 6. The van der Waals surface area contributed by atoms with Crippen molar-refractivity contribution in [2.45, 2.75) is 32.7 Å². The quantitative estimate of drug-likeness (QED) is 0.748. The molecule has 8 heteroatoms. The number of aromatic nitrogens is 4. The van der Waals surface area contributed by atoms with E-state index in [1.54, 1.807) is 11.3 Å². The van der Waals surface area contributed by atoms with Crippen LogP contribution in [-0.4, -0.2) is 32.4 Å². The van der Waals surface area contributed by atoms with Crippen molar-refractivity contribution in [1.82, 2.24) is 24.7 Å². The van der Waals surface area contributed by atoms with Gasteiger partial charge in [-0.15, -0.1) is 23.7 Å². The van der Waals surface area contributed by atoms with Crippen LogP contribution < -0.4 is 10.6 Å². The maximum atomic E-state index is 4.69. The number of anilines is 1. The van der Waals surface area contributed by atoms with Gasteiger partial charge in [0.25, 0.3) is 0 Å². The van der Waals surface area contributed by atoms with Crippen LogP contribution in [0.1, 0.15) is 35.7 Å². The first-order chi connectivity index (χ1) is 11.2. The number of aryl methyl sites for hydroxylation is 1. The fraction of sp³-hybridized carbons (Fsp3) is 0.438. The molecule has 1 unspecified atom stereocenters. The van der Waals surface area contributed by atoms with Crippen molar-refractivity contribution in [3.63, 3.8) is 0 Å². The molecule has 3 aromatic rings. The maximum absolute atomic E-state index is 4.69. The largest absolute Gasteiger partial charge is 0.362 e. The summed E-state index contributed by atoms with van der Waals surface area (Å²) in [6.45, 7) is 6.05. The Morgan fingerprint density at radius 3 is 2.92 bits per heavy atom. The first-order valence-electron chi connectivity index (χ1n) is 7.96. The lowest BCUT2D eigenvalue weighted by atomic mass is 10.1. The number of nitrogens with one attached hydrogen (secondary N) is 2. The molecule has 0 aliphatic carbocycles. The van der Waals surface area contributed by atoms with Crippen LogP contribution in [-0.2, 0) is 12.8 Å². The van der Waals surface area contributed by atoms with Crippen LogP contribution in [0.25, 0.3) is 4.96 Å². The van der Waals surface area contributed by atoms with Crippen molar-refractivity contribution in [1.29, 1.82) is 0 Å². The molecule has 128 valence electrons. The van der Waals surface area contributed by atoms with Gasteiger partial charge in [0.1, 0.15) is 11.6 Å². The zero-order valence-electron chi connectivity index (χ0n) is 13.7. The summed E-state index contributed by atoms with van der Waals surface area (Å²) in [5.74, 6) is 1.78. The molecule has 2 N–H and O–H groups in total. The van der Waals surface area contributed by atoms with E-state index in [0.29, 0.717) is 0 Å². The monoisotopic (exact) mass is 364 g/mol. The summed E-state index contributed by atoms with van der Waals surface area (Å²) in [6.07, 6.45) is 6.04. The van der Waals surface area contributed by atoms with Gasteiger partial charge in [-0.1, -0.05) is 0 Å². The highest BCUT2D eigenvalue weighted by Gasteiger charge is 2.18. The van der Waals surface area contributed by atoms with Crippen molar-refractivity contribution in [2.24, 2.45) is 0 Å². The van der Waals surface area contributed by atoms with Crippen LogP contribution in [0, 0.1) is 6.92 Å². The van der Waals surface area contributed by atoms with E-state index in [4.69, 9.17) is 0 Å². The molecule has 3 aromatic heterocycles. The van der Waals surface area contributed by atoms with Crippen molar-refractivity contribution in [3.8, 4) is 0 Å². The molecular weight excluding hydrogens is 344 g/mol. The molecule has 24 heavy (non-hydrogen) atoms. The SMILES string of the molecule is Cc1nc2c(c(NC(C)c3cn4ccsc4n3)n1)CCNCC2.Cl. The number of rotatable bonds is 3. The normalized spacial score (nSPS) is 15.4. The van der Waals surface area contributed by atoms with E-state index >= 15 is 0 Å². The zero-order chi connectivity index (χ0) is 15.8. The lowest BCUT2D eigenvalue weighted by Crippen LogP contribution is -2.16. The van der Waals surface area contributed by atoms with Gasteiger partial charge in [-0.3, -0.25) is 4.40 Å². The van der Waals surface area contributed by atoms with E-state index in [-0.39, 0.29) is 18.4 Å². The molecule has 0 fully saturated rings. The average molecular weight is 365 g/mol. The molecule has 4 rings (SSSR count). The number of nitrogens with zero attached hydrogens (tertiary/aromatic N) is 4. The van der Waals surface area contributed by atoms with Crippen LogP contribution in [0.5, 0.6) is 0 Å². The van der Waals surface area contributed by atoms with Gasteiger partial charge in [0, 0.05) is 36.3 Å². The summed E-state index contributed by atoms with van der Waals surface area (Å²) >= 11 is 1.65. The number of thiazole rings is 1. The van der Waals surface area contributed by atoms with E-state index in [2.05, 4.69) is 43.1 Å². The molecule has 0 saturated heterocycles. The van der Waals surface area contributed by atoms with Gasteiger partial charge >= 0.3 is 0 Å². The topological polar surface area (TPSA) is 67.1 Å². The van der Waals surface area contributed by atoms with E-state index in [0.717, 1.165) is 48.2 Å². The molecule has 0 aromatic carbocycles. The van der Waals surface area contributed by atoms with Gasteiger partial charge in [0.05, 0.1) is 17.4 Å². The van der Waals surface area contributed by atoms with E-state index < -0.39 is 0 Å². The lowest BCUT2D eigenvalue weighted by molar-refractivity contribution is 0.708. The Labute approximate surface area is 151 Å². The van der Waals surface area contributed by atoms with Crippen molar-refractivity contribution in [2.75, 3.05) is 18.4 Å². The Bertz CT molecular complexity index is 814. The van der Waals surface area contributed by atoms with Crippen molar-refractivity contribution in [3.05, 3.63) is 40.5 Å². The maximum Gasteiger partial charge on any atom is 0.193 e. The molecule has 0 bridgehead atoms. The van der Waals surface area contributed by atoms with Gasteiger partial charge in [-0.05, 0) is 26.8 Å². The minimum atomic E-state index is 0. The predicted molar refractivity (Wildman–Crippen MR) is 99.4 cm³/mol. The molecule has 0 spiro atoms. The van der Waals surface area contributed by atoms with E-state index in [1.165, 1.54) is 11.3 Å². The first kappa shape index (κ1) is 17.1. The molecular formula is C16H21ClN6S. The molecule has 6 nitrogen and oxygen atoms in total. The Balaban J connectivity index is 0.00000169. The lowest BCUT2D eigenvalue weighted by Gasteiger charge is -2.17. The molecule has 1 aliphatic rings. The molecule has 0 saturated carbocycles. The molecule has 0 amide bonds. The van der Waals surface area contributed by atoms with E-state index in [1.807, 2.05) is 18.5 Å². The second-order valence-corrected chi connectivity index (χ2v) is 6.79. The van der Waals surface area contributed by atoms with Crippen LogP contribution in [0.4, 0.5) is 5.82 Å². The summed E-state index contributed by atoms with van der Waals surface area (Å²) in [5, 5.41) is 9.03. The predicted octanol–water partition coefficient (Wildman–Crippen LogP) is 2.78. The Kier molecular flexibility index (Phi) is 5.03.